The number of aryl methyl sites for hydroxylation is 1. The Kier molecular flexibility index (Phi) is 20.1. The van der Waals surface area contributed by atoms with E-state index in [0.717, 1.165) is 57.0 Å². The number of ether oxygens (including phenoxy) is 2. The van der Waals surface area contributed by atoms with Crippen molar-refractivity contribution in [3.05, 3.63) is 83.5 Å². The Balaban J connectivity index is 0.000000301. The van der Waals surface area contributed by atoms with Crippen LogP contribution in [0.1, 0.15) is 75.3 Å². The van der Waals surface area contributed by atoms with Crippen LogP contribution in [0.25, 0.3) is 0 Å². The molecule has 3 amide bonds. The highest BCUT2D eigenvalue weighted by Gasteiger charge is 2.50. The number of hydrogen-bond acceptors (Lipinski definition) is 10. The minimum Gasteiger partial charge on any atom is -0.379 e. The fourth-order valence-corrected chi connectivity index (χ4v) is 5.09. The number of epoxide rings is 1. The van der Waals surface area contributed by atoms with Gasteiger partial charge in [-0.05, 0) is 51.2 Å². The summed E-state index contributed by atoms with van der Waals surface area (Å²) < 4.78 is 15.7. The zero-order valence-electron chi connectivity index (χ0n) is 31.9. The molecule has 2 unspecified atom stereocenters. The zero-order chi connectivity index (χ0) is 38.4. The number of carbonyl (C=O) groups excluding carboxylic acids is 4. The second-order valence-corrected chi connectivity index (χ2v) is 13.1. The molecule has 0 bridgehead atoms. The lowest BCUT2D eigenvalue weighted by Gasteiger charge is -2.25. The Hall–Kier alpha value is -4.46. The third-order valence-corrected chi connectivity index (χ3v) is 7.96. The van der Waals surface area contributed by atoms with Gasteiger partial charge in [-0.25, -0.2) is 0 Å². The average molecular weight is 723 g/mol. The number of rotatable bonds is 15. The average Bonchev–Trinajstić information content (AvgIpc) is 3.71. The molecule has 3 N–H and O–H groups in total. The van der Waals surface area contributed by atoms with Crippen molar-refractivity contribution in [2.24, 2.45) is 5.92 Å². The molecule has 1 aromatic carbocycles. The third kappa shape index (κ3) is 17.2. The molecule has 52 heavy (non-hydrogen) atoms. The van der Waals surface area contributed by atoms with Crippen LogP contribution < -0.4 is 16.0 Å². The van der Waals surface area contributed by atoms with Gasteiger partial charge in [-0.2, -0.15) is 0 Å². The molecular formula is C39H58N6O7. The van der Waals surface area contributed by atoms with Crippen molar-refractivity contribution in [1.82, 2.24) is 31.0 Å². The molecule has 5 rings (SSSR count). The highest BCUT2D eigenvalue weighted by molar-refractivity contribution is 5.96. The quantitative estimate of drug-likeness (QED) is 0.154. The van der Waals surface area contributed by atoms with Crippen molar-refractivity contribution in [1.29, 1.82) is 0 Å². The molecule has 2 saturated heterocycles. The lowest BCUT2D eigenvalue weighted by atomic mass is 9.93. The molecule has 2 aromatic heterocycles. The SMILES string of the molecule is CC.CC(C)C[C@H](NC(=O)CNC=O)C(=O)C1(C)CO1.CC(Cc1cccnc1)NC(=O)c1cc(CCN2CCOCC2)on1.Cc1ccccc1. The van der Waals surface area contributed by atoms with E-state index in [1.165, 1.54) is 5.56 Å². The highest BCUT2D eigenvalue weighted by atomic mass is 16.6. The summed E-state index contributed by atoms with van der Waals surface area (Å²) in [5.41, 5.74) is 1.99. The third-order valence-electron chi connectivity index (χ3n) is 7.96. The van der Waals surface area contributed by atoms with E-state index < -0.39 is 11.6 Å². The first-order valence-electron chi connectivity index (χ1n) is 18.1. The molecule has 286 valence electrons. The number of nitrogens with one attached hydrogen (secondary N) is 3. The summed E-state index contributed by atoms with van der Waals surface area (Å²) in [7, 11) is 0. The molecule has 2 aliphatic rings. The summed E-state index contributed by atoms with van der Waals surface area (Å²) in [6.45, 7) is 18.3. The van der Waals surface area contributed by atoms with Crippen LogP contribution in [-0.4, -0.2) is 103 Å². The summed E-state index contributed by atoms with van der Waals surface area (Å²) in [6, 6.07) is 15.3. The summed E-state index contributed by atoms with van der Waals surface area (Å²) in [5, 5.41) is 11.7. The van der Waals surface area contributed by atoms with Crippen LogP contribution in [0.5, 0.6) is 0 Å². The maximum atomic E-state index is 12.3. The topological polar surface area (TPSA) is 168 Å². The van der Waals surface area contributed by atoms with E-state index in [0.29, 0.717) is 25.1 Å². The number of Topliss-reactive ketones (excluding diaryl/α,β-unsaturated/α-hetero) is 1. The van der Waals surface area contributed by atoms with E-state index in [9.17, 15) is 19.2 Å². The number of aromatic nitrogens is 2. The van der Waals surface area contributed by atoms with Crippen molar-refractivity contribution in [2.75, 3.05) is 46.0 Å². The van der Waals surface area contributed by atoms with Crippen LogP contribution in [-0.2, 0) is 36.7 Å². The number of ketones is 1. The zero-order valence-corrected chi connectivity index (χ0v) is 31.9. The first-order valence-corrected chi connectivity index (χ1v) is 18.1. The fourth-order valence-electron chi connectivity index (χ4n) is 5.09. The predicted octanol–water partition coefficient (Wildman–Crippen LogP) is 3.95. The van der Waals surface area contributed by atoms with E-state index in [1.807, 2.05) is 71.1 Å². The van der Waals surface area contributed by atoms with E-state index >= 15 is 0 Å². The first-order chi connectivity index (χ1) is 25.0. The summed E-state index contributed by atoms with van der Waals surface area (Å²) >= 11 is 0. The molecule has 3 aromatic rings. The van der Waals surface area contributed by atoms with Gasteiger partial charge in [0.15, 0.2) is 11.5 Å². The predicted molar refractivity (Wildman–Crippen MR) is 200 cm³/mol. The second kappa shape index (κ2) is 23.9. The molecular weight excluding hydrogens is 664 g/mol. The number of nitrogens with zero attached hydrogens (tertiary/aromatic N) is 3. The van der Waals surface area contributed by atoms with Crippen LogP contribution >= 0.6 is 0 Å². The summed E-state index contributed by atoms with van der Waals surface area (Å²) in [6.07, 6.45) is 6.02. The number of carbonyl (C=O) groups is 4. The molecule has 0 aliphatic carbocycles. The molecule has 0 spiro atoms. The van der Waals surface area contributed by atoms with Crippen molar-refractivity contribution >= 4 is 24.0 Å². The molecule has 0 radical (unpaired) electrons. The van der Waals surface area contributed by atoms with E-state index in [4.69, 9.17) is 14.0 Å². The number of hydrogen-bond donors (Lipinski definition) is 3. The van der Waals surface area contributed by atoms with Crippen LogP contribution in [0.15, 0.2) is 65.4 Å². The van der Waals surface area contributed by atoms with Crippen molar-refractivity contribution < 1.29 is 33.2 Å². The fraction of sp³-hybridized carbons (Fsp3) is 0.538. The van der Waals surface area contributed by atoms with Gasteiger partial charge in [0.05, 0.1) is 32.4 Å². The van der Waals surface area contributed by atoms with Gasteiger partial charge in [0, 0.05) is 50.6 Å². The van der Waals surface area contributed by atoms with Gasteiger partial charge >= 0.3 is 0 Å². The van der Waals surface area contributed by atoms with Gasteiger partial charge < -0.3 is 29.9 Å². The van der Waals surface area contributed by atoms with Gasteiger partial charge in [-0.1, -0.05) is 74.8 Å². The van der Waals surface area contributed by atoms with Gasteiger partial charge in [-0.15, -0.1) is 0 Å². The Bertz CT molecular complexity index is 1460. The Morgan fingerprint density at radius 2 is 1.71 bits per heavy atom. The monoisotopic (exact) mass is 722 g/mol. The van der Waals surface area contributed by atoms with Crippen LogP contribution in [0.2, 0.25) is 0 Å². The number of benzene rings is 1. The largest absolute Gasteiger partial charge is 0.379 e. The molecule has 13 heteroatoms. The Morgan fingerprint density at radius 1 is 1.02 bits per heavy atom. The van der Waals surface area contributed by atoms with E-state index in [1.54, 1.807) is 19.2 Å². The van der Waals surface area contributed by atoms with Gasteiger partial charge in [0.25, 0.3) is 5.91 Å². The number of amides is 3. The maximum Gasteiger partial charge on any atom is 0.273 e. The smallest absolute Gasteiger partial charge is 0.273 e. The number of morpholine rings is 1. The van der Waals surface area contributed by atoms with Crippen molar-refractivity contribution in [3.8, 4) is 0 Å². The van der Waals surface area contributed by atoms with E-state index in [-0.39, 0.29) is 36.1 Å². The summed E-state index contributed by atoms with van der Waals surface area (Å²) in [4.78, 5) is 52.5. The minimum absolute atomic E-state index is 0.00907. The van der Waals surface area contributed by atoms with Crippen LogP contribution in [0.3, 0.4) is 0 Å². The minimum atomic E-state index is -0.745. The first kappa shape index (κ1) is 43.7. The highest BCUT2D eigenvalue weighted by Crippen LogP contribution is 2.29. The maximum absolute atomic E-state index is 12.3. The lowest BCUT2D eigenvalue weighted by molar-refractivity contribution is -0.130. The normalized spacial score (nSPS) is 17.3. The Morgan fingerprint density at radius 3 is 2.27 bits per heavy atom. The van der Waals surface area contributed by atoms with Crippen LogP contribution in [0.4, 0.5) is 0 Å². The standard InChI is InChI=1S/C18H24N4O3.C12H20N2O4.C7H8.C2H6/c1-14(11-15-3-2-5-19-13-15)20-18(23)17-12-16(25-21-17)4-6-22-7-9-24-10-8-22;1-8(2)4-9(11(17)12(3)6-18-12)14-10(16)5-13-7-15;1-7-5-3-2-4-6-7;1-2/h2-3,5,12-14H,4,6-11H2,1H3,(H,20,23);7-9H,4-6H2,1-3H3,(H,13,15)(H,14,16);2-6H,1H3;1-2H3/t;9-,12?;;/m.0../s1. The number of pyridine rings is 1. The molecule has 4 heterocycles. The van der Waals surface area contributed by atoms with Gasteiger partial charge in [-0.3, -0.25) is 29.1 Å². The van der Waals surface area contributed by atoms with Crippen molar-refractivity contribution in [2.45, 2.75) is 85.4 Å². The molecule has 2 fully saturated rings. The second-order valence-electron chi connectivity index (χ2n) is 13.1. The van der Waals surface area contributed by atoms with E-state index in [2.05, 4.69) is 50.0 Å². The molecule has 0 saturated carbocycles. The van der Waals surface area contributed by atoms with Crippen molar-refractivity contribution in [3.63, 3.8) is 0 Å². The molecule has 13 nitrogen and oxygen atoms in total. The lowest BCUT2D eigenvalue weighted by Crippen LogP contribution is -2.48. The molecule has 2 aliphatic heterocycles. The molecule has 3 atom stereocenters. The summed E-state index contributed by atoms with van der Waals surface area (Å²) in [5.74, 6) is 0.330. The van der Waals surface area contributed by atoms with Gasteiger partial charge in [0.1, 0.15) is 11.4 Å². The van der Waals surface area contributed by atoms with Crippen LogP contribution in [0, 0.1) is 12.8 Å². The van der Waals surface area contributed by atoms with Gasteiger partial charge in [0.2, 0.25) is 12.3 Å². The Labute approximate surface area is 308 Å².